The lowest BCUT2D eigenvalue weighted by molar-refractivity contribution is 0.222. The number of benzene rings is 1. The van der Waals surface area contributed by atoms with Crippen LogP contribution in [0.25, 0.3) is 0 Å². The van der Waals surface area contributed by atoms with Crippen LogP contribution in [0.15, 0.2) is 49.6 Å². The molecule has 0 aromatic heterocycles. The van der Waals surface area contributed by atoms with Gasteiger partial charge in [0.1, 0.15) is 0 Å². The van der Waals surface area contributed by atoms with E-state index in [0.29, 0.717) is 13.1 Å². The second-order valence-corrected chi connectivity index (χ2v) is 4.71. The van der Waals surface area contributed by atoms with Crippen molar-refractivity contribution in [3.8, 4) is 0 Å². The van der Waals surface area contributed by atoms with E-state index in [1.165, 1.54) is 18.4 Å². The zero-order valence-corrected chi connectivity index (χ0v) is 12.3. The maximum absolute atomic E-state index is 12.1. The van der Waals surface area contributed by atoms with Crippen LogP contribution in [0.1, 0.15) is 25.3 Å². The van der Waals surface area contributed by atoms with E-state index in [1.54, 1.807) is 17.1 Å². The van der Waals surface area contributed by atoms with Crippen molar-refractivity contribution in [2.75, 3.05) is 18.4 Å². The van der Waals surface area contributed by atoms with Gasteiger partial charge in [-0.15, -0.1) is 13.2 Å². The summed E-state index contributed by atoms with van der Waals surface area (Å²) in [6.45, 7) is 10.5. The summed E-state index contributed by atoms with van der Waals surface area (Å²) >= 11 is 0. The number of anilines is 1. The van der Waals surface area contributed by atoms with Gasteiger partial charge in [-0.25, -0.2) is 4.79 Å². The van der Waals surface area contributed by atoms with Gasteiger partial charge in [0.05, 0.1) is 0 Å². The fourth-order valence-electron chi connectivity index (χ4n) is 1.89. The highest BCUT2D eigenvalue weighted by atomic mass is 16.2. The summed E-state index contributed by atoms with van der Waals surface area (Å²) in [5.41, 5.74) is 2.12. The van der Waals surface area contributed by atoms with Gasteiger partial charge in [-0.2, -0.15) is 0 Å². The van der Waals surface area contributed by atoms with E-state index in [2.05, 4.69) is 37.5 Å². The average Bonchev–Trinajstić information content (AvgIpc) is 2.46. The highest BCUT2D eigenvalue weighted by Gasteiger charge is 2.10. The van der Waals surface area contributed by atoms with E-state index in [4.69, 9.17) is 0 Å². The number of hydrogen-bond acceptors (Lipinski definition) is 1. The number of amides is 2. The van der Waals surface area contributed by atoms with E-state index in [9.17, 15) is 4.79 Å². The Bertz CT molecular complexity index is 427. The van der Waals surface area contributed by atoms with Crippen LogP contribution in [0.3, 0.4) is 0 Å². The van der Waals surface area contributed by atoms with Gasteiger partial charge in [0.25, 0.3) is 0 Å². The first-order valence-corrected chi connectivity index (χ1v) is 7.08. The number of urea groups is 1. The first kappa shape index (κ1) is 16.0. The van der Waals surface area contributed by atoms with Gasteiger partial charge in [-0.1, -0.05) is 37.6 Å². The zero-order valence-electron chi connectivity index (χ0n) is 12.3. The van der Waals surface area contributed by atoms with Gasteiger partial charge in [0.15, 0.2) is 0 Å². The van der Waals surface area contributed by atoms with E-state index >= 15 is 0 Å². The Balaban J connectivity index is 2.59. The van der Waals surface area contributed by atoms with Crippen molar-refractivity contribution in [3.63, 3.8) is 0 Å². The molecule has 2 amide bonds. The second kappa shape index (κ2) is 8.97. The molecule has 108 valence electrons. The molecular formula is C17H24N2O. The Morgan fingerprint density at radius 3 is 2.30 bits per heavy atom. The highest BCUT2D eigenvalue weighted by Crippen LogP contribution is 2.12. The molecule has 0 aliphatic rings. The number of nitrogens with one attached hydrogen (secondary N) is 1. The van der Waals surface area contributed by atoms with Gasteiger partial charge in [-0.3, -0.25) is 0 Å². The second-order valence-electron chi connectivity index (χ2n) is 4.71. The zero-order chi connectivity index (χ0) is 14.8. The highest BCUT2D eigenvalue weighted by molar-refractivity contribution is 5.89. The van der Waals surface area contributed by atoms with Crippen molar-refractivity contribution < 1.29 is 4.79 Å². The quantitative estimate of drug-likeness (QED) is 0.705. The van der Waals surface area contributed by atoms with Crippen LogP contribution in [-0.2, 0) is 6.42 Å². The minimum atomic E-state index is -0.133. The molecule has 1 N–H and O–H groups in total. The summed E-state index contributed by atoms with van der Waals surface area (Å²) in [7, 11) is 0. The summed E-state index contributed by atoms with van der Waals surface area (Å²) in [5.74, 6) is 0. The van der Waals surface area contributed by atoms with Crippen LogP contribution in [0, 0.1) is 0 Å². The molecule has 0 unspecified atom stereocenters. The summed E-state index contributed by atoms with van der Waals surface area (Å²) in [6, 6.07) is 7.89. The molecule has 0 saturated heterocycles. The van der Waals surface area contributed by atoms with E-state index in [1.807, 2.05) is 12.1 Å². The maximum atomic E-state index is 12.1. The van der Waals surface area contributed by atoms with Crippen LogP contribution in [0.5, 0.6) is 0 Å². The van der Waals surface area contributed by atoms with Crippen LogP contribution in [0.2, 0.25) is 0 Å². The molecule has 0 aliphatic carbocycles. The number of carbonyl (C=O) groups is 1. The summed E-state index contributed by atoms with van der Waals surface area (Å²) in [6.07, 6.45) is 6.88. The summed E-state index contributed by atoms with van der Waals surface area (Å²) in [5, 5.41) is 2.89. The Kier molecular flexibility index (Phi) is 7.18. The number of rotatable bonds is 8. The molecule has 3 heteroatoms. The monoisotopic (exact) mass is 272 g/mol. The molecule has 3 nitrogen and oxygen atoms in total. The van der Waals surface area contributed by atoms with Gasteiger partial charge in [0, 0.05) is 18.8 Å². The number of aryl methyl sites for hydroxylation is 1. The Morgan fingerprint density at radius 2 is 1.80 bits per heavy atom. The third kappa shape index (κ3) is 5.31. The van der Waals surface area contributed by atoms with Crippen molar-refractivity contribution in [2.24, 2.45) is 0 Å². The van der Waals surface area contributed by atoms with Crippen molar-refractivity contribution >= 4 is 11.7 Å². The SMILES string of the molecule is C=CCN(CC=C)C(=O)Nc1ccc(CCCC)cc1. The molecular weight excluding hydrogens is 248 g/mol. The predicted octanol–water partition coefficient (Wildman–Crippen LogP) is 4.24. The van der Waals surface area contributed by atoms with Gasteiger partial charge in [-0.05, 0) is 30.5 Å². The Hall–Kier alpha value is -2.03. The molecule has 1 aromatic carbocycles. The van der Waals surface area contributed by atoms with Crippen molar-refractivity contribution in [3.05, 3.63) is 55.1 Å². The number of hydrogen-bond donors (Lipinski definition) is 1. The molecule has 0 spiro atoms. The average molecular weight is 272 g/mol. The van der Waals surface area contributed by atoms with Crippen molar-refractivity contribution in [1.82, 2.24) is 4.90 Å². The van der Waals surface area contributed by atoms with E-state index in [0.717, 1.165) is 12.1 Å². The largest absolute Gasteiger partial charge is 0.322 e. The number of carbonyl (C=O) groups excluding carboxylic acids is 1. The van der Waals surface area contributed by atoms with E-state index in [-0.39, 0.29) is 6.03 Å². The van der Waals surface area contributed by atoms with Gasteiger partial charge < -0.3 is 10.2 Å². The van der Waals surface area contributed by atoms with Gasteiger partial charge >= 0.3 is 6.03 Å². The number of nitrogens with zero attached hydrogens (tertiary/aromatic N) is 1. The topological polar surface area (TPSA) is 32.3 Å². The Morgan fingerprint density at radius 1 is 1.20 bits per heavy atom. The molecule has 0 saturated carbocycles. The van der Waals surface area contributed by atoms with Crippen LogP contribution >= 0.6 is 0 Å². The van der Waals surface area contributed by atoms with Crippen molar-refractivity contribution in [2.45, 2.75) is 26.2 Å². The smallest absolute Gasteiger partial charge is 0.317 e. The fraction of sp³-hybridized carbons (Fsp3) is 0.353. The fourth-order valence-corrected chi connectivity index (χ4v) is 1.89. The van der Waals surface area contributed by atoms with Crippen molar-refractivity contribution in [1.29, 1.82) is 0 Å². The molecule has 20 heavy (non-hydrogen) atoms. The Labute approximate surface area is 122 Å². The maximum Gasteiger partial charge on any atom is 0.322 e. The minimum absolute atomic E-state index is 0.133. The third-order valence-corrected chi connectivity index (χ3v) is 3.01. The molecule has 1 rings (SSSR count). The first-order chi connectivity index (χ1) is 9.71. The predicted molar refractivity (Wildman–Crippen MR) is 86.0 cm³/mol. The minimum Gasteiger partial charge on any atom is -0.317 e. The third-order valence-electron chi connectivity index (χ3n) is 3.01. The summed E-state index contributed by atoms with van der Waals surface area (Å²) in [4.78, 5) is 13.7. The molecule has 0 radical (unpaired) electrons. The molecule has 0 atom stereocenters. The molecule has 1 aromatic rings. The number of unbranched alkanes of at least 4 members (excludes halogenated alkanes) is 1. The van der Waals surface area contributed by atoms with Gasteiger partial charge in [0.2, 0.25) is 0 Å². The molecule has 0 fully saturated rings. The van der Waals surface area contributed by atoms with E-state index < -0.39 is 0 Å². The normalized spacial score (nSPS) is 9.85. The first-order valence-electron chi connectivity index (χ1n) is 7.08. The lowest BCUT2D eigenvalue weighted by Crippen LogP contribution is -2.35. The molecule has 0 bridgehead atoms. The van der Waals surface area contributed by atoms with Crippen LogP contribution < -0.4 is 5.32 Å². The molecule has 0 heterocycles. The lowest BCUT2D eigenvalue weighted by atomic mass is 10.1. The lowest BCUT2D eigenvalue weighted by Gasteiger charge is -2.19. The van der Waals surface area contributed by atoms with Crippen LogP contribution in [0.4, 0.5) is 10.5 Å². The van der Waals surface area contributed by atoms with Crippen LogP contribution in [-0.4, -0.2) is 24.0 Å². The molecule has 0 aliphatic heterocycles. The standard InChI is InChI=1S/C17H24N2O/c1-4-7-8-15-9-11-16(12-10-15)18-17(20)19(13-5-2)14-6-3/h5-6,9-12H,2-4,7-8,13-14H2,1H3,(H,18,20). The summed E-state index contributed by atoms with van der Waals surface area (Å²) < 4.78 is 0.